The number of hydrogen-bond donors (Lipinski definition) is 0. The SMILES string of the molecule is Cn1c(=O)n(C)c2cc(-c3cccc(C4=CC(c5ccc(-c6ccccc6)cc5)=NC(c5ccccc5)[N-]4)c3)ccc21. The normalized spacial score (nSPS) is 14.8. The highest BCUT2D eigenvalue weighted by Gasteiger charge is 2.13. The van der Waals surface area contributed by atoms with Crippen LogP contribution >= 0.6 is 0 Å². The standard InChI is InChI=1S/C37H29N4O/c1-40-34-21-20-30(23-35(34)41(2)37(40)42)29-14-9-15-31(22-29)33-24-32(38-36(39-33)28-12-7-4-8-13-28)27-18-16-26(17-19-27)25-10-5-3-6-11-25/h3-24,36H,1-2H3/q-1. The number of benzene rings is 5. The number of allylic oxidation sites excluding steroid dienone is 1. The minimum atomic E-state index is -0.339. The van der Waals surface area contributed by atoms with Crippen molar-refractivity contribution in [3.63, 3.8) is 0 Å². The molecule has 2 heterocycles. The van der Waals surface area contributed by atoms with Gasteiger partial charge in [0, 0.05) is 20.3 Å². The van der Waals surface area contributed by atoms with Crippen LogP contribution in [0, 0.1) is 0 Å². The molecule has 0 saturated heterocycles. The molecule has 5 nitrogen and oxygen atoms in total. The third-order valence-corrected chi connectivity index (χ3v) is 7.95. The highest BCUT2D eigenvalue weighted by molar-refractivity contribution is 6.14. The van der Waals surface area contributed by atoms with E-state index in [9.17, 15) is 4.79 Å². The van der Waals surface area contributed by atoms with Gasteiger partial charge in [0.05, 0.1) is 16.7 Å². The molecule has 5 aromatic carbocycles. The molecule has 204 valence electrons. The maximum Gasteiger partial charge on any atom is 0.328 e. The predicted molar refractivity (Wildman–Crippen MR) is 173 cm³/mol. The fraction of sp³-hybridized carbons (Fsp3) is 0.0811. The number of nitrogens with zero attached hydrogens (tertiary/aromatic N) is 4. The molecule has 0 amide bonds. The Morgan fingerprint density at radius 2 is 1.14 bits per heavy atom. The van der Waals surface area contributed by atoms with Gasteiger partial charge in [-0.1, -0.05) is 115 Å². The largest absolute Gasteiger partial charge is 0.659 e. The quantitative estimate of drug-likeness (QED) is 0.216. The van der Waals surface area contributed by atoms with E-state index in [1.165, 1.54) is 11.1 Å². The third kappa shape index (κ3) is 4.65. The van der Waals surface area contributed by atoms with E-state index in [2.05, 4.69) is 103 Å². The van der Waals surface area contributed by atoms with Gasteiger partial charge in [0.2, 0.25) is 0 Å². The molecule has 0 aliphatic carbocycles. The summed E-state index contributed by atoms with van der Waals surface area (Å²) in [7, 11) is 3.62. The molecule has 0 radical (unpaired) electrons. The maximum absolute atomic E-state index is 12.5. The van der Waals surface area contributed by atoms with Crippen LogP contribution in [0.5, 0.6) is 0 Å². The fourth-order valence-electron chi connectivity index (χ4n) is 5.59. The van der Waals surface area contributed by atoms with E-state index in [1.807, 2.05) is 37.4 Å². The molecule has 1 atom stereocenters. The molecule has 0 saturated carbocycles. The first kappa shape index (κ1) is 25.5. The molecule has 0 spiro atoms. The Morgan fingerprint density at radius 3 is 1.90 bits per heavy atom. The lowest BCUT2D eigenvalue weighted by Crippen LogP contribution is -2.19. The summed E-state index contributed by atoms with van der Waals surface area (Å²) in [6.45, 7) is 0. The molecule has 1 aromatic heterocycles. The summed E-state index contributed by atoms with van der Waals surface area (Å²) in [5.41, 5.74) is 11.2. The van der Waals surface area contributed by atoms with Crippen LogP contribution in [0.15, 0.2) is 143 Å². The van der Waals surface area contributed by atoms with Crippen LogP contribution in [-0.2, 0) is 14.1 Å². The second-order valence-corrected chi connectivity index (χ2v) is 10.6. The lowest BCUT2D eigenvalue weighted by molar-refractivity contribution is 0.795. The second kappa shape index (κ2) is 10.5. The number of aromatic nitrogens is 2. The van der Waals surface area contributed by atoms with Crippen LogP contribution in [-0.4, -0.2) is 14.8 Å². The monoisotopic (exact) mass is 545 g/mol. The summed E-state index contributed by atoms with van der Waals surface area (Å²) in [6.07, 6.45) is 1.74. The van der Waals surface area contributed by atoms with Gasteiger partial charge in [-0.05, 0) is 57.1 Å². The Morgan fingerprint density at radius 1 is 0.571 bits per heavy atom. The van der Waals surface area contributed by atoms with Crippen LogP contribution in [0.2, 0.25) is 0 Å². The van der Waals surface area contributed by atoms with Gasteiger partial charge in [-0.2, -0.15) is 0 Å². The number of hydrogen-bond acceptors (Lipinski definition) is 2. The van der Waals surface area contributed by atoms with Crippen molar-refractivity contribution < 1.29 is 0 Å². The smallest absolute Gasteiger partial charge is 0.328 e. The average Bonchev–Trinajstić information content (AvgIpc) is 3.28. The molecule has 0 N–H and O–H groups in total. The average molecular weight is 546 g/mol. The second-order valence-electron chi connectivity index (χ2n) is 10.6. The molecule has 0 fully saturated rings. The van der Waals surface area contributed by atoms with E-state index >= 15 is 0 Å². The zero-order valence-corrected chi connectivity index (χ0v) is 23.5. The van der Waals surface area contributed by atoms with Crippen molar-refractivity contribution in [2.75, 3.05) is 0 Å². The molecule has 1 aliphatic rings. The molecule has 1 aliphatic heterocycles. The number of fused-ring (bicyclic) bond motifs is 1. The Balaban J connectivity index is 1.28. The van der Waals surface area contributed by atoms with Crippen LogP contribution in [0.25, 0.3) is 44.3 Å². The molecule has 1 unspecified atom stereocenters. The first-order chi connectivity index (χ1) is 20.5. The molecule has 6 aromatic rings. The predicted octanol–water partition coefficient (Wildman–Crippen LogP) is 8.13. The molecule has 7 rings (SSSR count). The highest BCUT2D eigenvalue weighted by atomic mass is 16.1. The zero-order valence-electron chi connectivity index (χ0n) is 23.5. The van der Waals surface area contributed by atoms with Gasteiger partial charge >= 0.3 is 5.69 Å². The Hall–Kier alpha value is -5.42. The summed E-state index contributed by atoms with van der Waals surface area (Å²) in [5.74, 6) is 0. The summed E-state index contributed by atoms with van der Waals surface area (Å²) in [4.78, 5) is 17.6. The van der Waals surface area contributed by atoms with Crippen LogP contribution in [0.3, 0.4) is 0 Å². The van der Waals surface area contributed by atoms with E-state index in [1.54, 1.807) is 16.2 Å². The van der Waals surface area contributed by atoms with Gasteiger partial charge < -0.3 is 5.32 Å². The van der Waals surface area contributed by atoms with Gasteiger partial charge in [0.25, 0.3) is 0 Å². The third-order valence-electron chi connectivity index (χ3n) is 7.95. The Labute approximate surface area is 244 Å². The fourth-order valence-corrected chi connectivity index (χ4v) is 5.59. The number of imidazole rings is 1. The number of aryl methyl sites for hydroxylation is 2. The molecule has 5 heteroatoms. The lowest BCUT2D eigenvalue weighted by atomic mass is 9.97. The summed E-state index contributed by atoms with van der Waals surface area (Å²) >= 11 is 0. The topological polar surface area (TPSA) is 53.4 Å². The molecule has 42 heavy (non-hydrogen) atoms. The first-order valence-electron chi connectivity index (χ1n) is 14.0. The van der Waals surface area contributed by atoms with Crippen molar-refractivity contribution in [1.29, 1.82) is 0 Å². The number of rotatable bonds is 5. The maximum atomic E-state index is 12.5. The van der Waals surface area contributed by atoms with Gasteiger partial charge in [-0.15, -0.1) is 5.70 Å². The van der Waals surface area contributed by atoms with Gasteiger partial charge in [-0.3, -0.25) is 14.1 Å². The summed E-state index contributed by atoms with van der Waals surface area (Å²) < 4.78 is 3.37. The van der Waals surface area contributed by atoms with Crippen LogP contribution < -0.4 is 5.69 Å². The Bertz CT molecular complexity index is 2030. The minimum Gasteiger partial charge on any atom is -0.659 e. The van der Waals surface area contributed by atoms with Crippen molar-refractivity contribution in [2.45, 2.75) is 6.17 Å². The summed E-state index contributed by atoms with van der Waals surface area (Å²) in [6, 6.07) is 43.8. The van der Waals surface area contributed by atoms with E-state index < -0.39 is 0 Å². The van der Waals surface area contributed by atoms with Crippen molar-refractivity contribution in [1.82, 2.24) is 9.13 Å². The van der Waals surface area contributed by atoms with Crippen molar-refractivity contribution >= 4 is 22.4 Å². The van der Waals surface area contributed by atoms with Crippen molar-refractivity contribution in [3.8, 4) is 22.3 Å². The van der Waals surface area contributed by atoms with Gasteiger partial charge in [0.15, 0.2) is 0 Å². The van der Waals surface area contributed by atoms with Gasteiger partial charge in [0.1, 0.15) is 0 Å². The highest BCUT2D eigenvalue weighted by Crippen LogP contribution is 2.38. The molecular weight excluding hydrogens is 516 g/mol. The summed E-state index contributed by atoms with van der Waals surface area (Å²) in [5, 5.41) is 5.10. The van der Waals surface area contributed by atoms with E-state index in [0.717, 1.165) is 50.3 Å². The van der Waals surface area contributed by atoms with E-state index in [0.29, 0.717) is 0 Å². The lowest BCUT2D eigenvalue weighted by Gasteiger charge is -2.37. The molecular formula is C37H29N4O-. The van der Waals surface area contributed by atoms with Crippen molar-refractivity contribution in [3.05, 3.63) is 166 Å². The van der Waals surface area contributed by atoms with Crippen LogP contribution in [0.1, 0.15) is 22.9 Å². The minimum absolute atomic E-state index is 0.0300. The van der Waals surface area contributed by atoms with Crippen molar-refractivity contribution in [2.24, 2.45) is 19.1 Å². The van der Waals surface area contributed by atoms with E-state index in [4.69, 9.17) is 10.3 Å². The molecule has 0 bridgehead atoms. The number of aliphatic imine (C=N–C) groups is 1. The zero-order chi connectivity index (χ0) is 28.6. The Kier molecular flexibility index (Phi) is 6.40. The first-order valence-corrected chi connectivity index (χ1v) is 14.0. The van der Waals surface area contributed by atoms with E-state index in [-0.39, 0.29) is 11.9 Å². The van der Waals surface area contributed by atoms with Crippen LogP contribution in [0.4, 0.5) is 0 Å². The van der Waals surface area contributed by atoms with Gasteiger partial charge in [-0.25, -0.2) is 4.79 Å².